The van der Waals surface area contributed by atoms with E-state index in [1.807, 2.05) is 24.3 Å². The highest BCUT2D eigenvalue weighted by Crippen LogP contribution is 2.31. The van der Waals surface area contributed by atoms with Gasteiger partial charge in [0.2, 0.25) is 5.91 Å². The zero-order valence-electron chi connectivity index (χ0n) is 19.6. The van der Waals surface area contributed by atoms with Crippen LogP contribution in [0.2, 0.25) is 0 Å². The molecule has 1 saturated carbocycles. The molecule has 3 aromatic rings. The summed E-state index contributed by atoms with van der Waals surface area (Å²) in [5.74, 6) is 2.31. The molecule has 1 heterocycles. The Morgan fingerprint density at radius 1 is 1.09 bits per heavy atom. The van der Waals surface area contributed by atoms with Crippen molar-refractivity contribution in [2.75, 3.05) is 5.75 Å². The summed E-state index contributed by atoms with van der Waals surface area (Å²) in [6, 6.07) is 14.7. The van der Waals surface area contributed by atoms with Gasteiger partial charge in [0.15, 0.2) is 11.0 Å². The van der Waals surface area contributed by atoms with Crippen LogP contribution in [-0.2, 0) is 4.79 Å². The van der Waals surface area contributed by atoms with Crippen molar-refractivity contribution in [3.63, 3.8) is 0 Å². The van der Waals surface area contributed by atoms with Crippen LogP contribution in [0.5, 0.6) is 0 Å². The standard InChI is InChI=1S/C26H31BrN4OS/c1-16-12-17(2)14-22(13-16)31-25(20-8-10-21(27)11-9-20)29-30-26(31)33-15-24(32)28-23-7-5-6-18(3)19(23)4/h8-14,18-19,23H,5-7,15H2,1-4H3,(H,28,32)/t18-,19-,23+/m0/s1. The normalized spacial score (nSPS) is 20.6. The summed E-state index contributed by atoms with van der Waals surface area (Å²) < 4.78 is 3.08. The minimum absolute atomic E-state index is 0.0612. The minimum Gasteiger partial charge on any atom is -0.352 e. The van der Waals surface area contributed by atoms with E-state index < -0.39 is 0 Å². The molecular formula is C26H31BrN4OS. The van der Waals surface area contributed by atoms with Gasteiger partial charge in [0, 0.05) is 16.1 Å². The zero-order chi connectivity index (χ0) is 23.5. The van der Waals surface area contributed by atoms with Crippen molar-refractivity contribution < 1.29 is 4.79 Å². The third kappa shape index (κ3) is 5.69. The van der Waals surface area contributed by atoms with Gasteiger partial charge in [-0.1, -0.05) is 72.6 Å². The van der Waals surface area contributed by atoms with Crippen LogP contribution in [-0.4, -0.2) is 32.5 Å². The SMILES string of the molecule is Cc1cc(C)cc(-n2c(SCC(=O)N[C@@H]3CCC[C@H](C)[C@@H]3C)nnc2-c2ccc(Br)cc2)c1. The summed E-state index contributed by atoms with van der Waals surface area (Å²) in [6.07, 6.45) is 3.50. The fourth-order valence-corrected chi connectivity index (χ4v) is 5.65. The van der Waals surface area contributed by atoms with Crippen molar-refractivity contribution in [2.45, 2.75) is 58.2 Å². The van der Waals surface area contributed by atoms with Crippen LogP contribution in [0.4, 0.5) is 0 Å². The largest absolute Gasteiger partial charge is 0.352 e. The van der Waals surface area contributed by atoms with Crippen molar-refractivity contribution in [1.29, 1.82) is 0 Å². The number of carbonyl (C=O) groups is 1. The van der Waals surface area contributed by atoms with Gasteiger partial charge in [0.1, 0.15) is 0 Å². The lowest BCUT2D eigenvalue weighted by Gasteiger charge is -2.34. The molecule has 2 aromatic carbocycles. The molecule has 33 heavy (non-hydrogen) atoms. The Morgan fingerprint density at radius 3 is 2.48 bits per heavy atom. The third-order valence-corrected chi connectivity index (χ3v) is 8.04. The van der Waals surface area contributed by atoms with Crippen molar-refractivity contribution in [3.05, 3.63) is 58.1 Å². The van der Waals surface area contributed by atoms with E-state index in [9.17, 15) is 4.79 Å². The van der Waals surface area contributed by atoms with E-state index in [1.54, 1.807) is 0 Å². The highest BCUT2D eigenvalue weighted by Gasteiger charge is 2.28. The number of nitrogens with zero attached hydrogens (tertiary/aromatic N) is 3. The van der Waals surface area contributed by atoms with Gasteiger partial charge in [-0.3, -0.25) is 9.36 Å². The molecule has 1 aliphatic rings. The van der Waals surface area contributed by atoms with Crippen molar-refractivity contribution in [2.24, 2.45) is 11.8 Å². The van der Waals surface area contributed by atoms with E-state index in [0.717, 1.165) is 33.1 Å². The fourth-order valence-electron chi connectivity index (χ4n) is 4.63. The summed E-state index contributed by atoms with van der Waals surface area (Å²) in [4.78, 5) is 12.8. The number of halogens is 1. The minimum atomic E-state index is 0.0612. The van der Waals surface area contributed by atoms with Gasteiger partial charge in [-0.05, 0) is 67.5 Å². The molecule has 1 N–H and O–H groups in total. The molecular weight excluding hydrogens is 496 g/mol. The number of aryl methyl sites for hydroxylation is 2. The first-order valence-corrected chi connectivity index (χ1v) is 13.3. The van der Waals surface area contributed by atoms with Gasteiger partial charge in [0.25, 0.3) is 0 Å². The Labute approximate surface area is 208 Å². The Morgan fingerprint density at radius 2 is 1.79 bits per heavy atom. The van der Waals surface area contributed by atoms with Crippen LogP contribution in [0.15, 0.2) is 52.1 Å². The van der Waals surface area contributed by atoms with Crippen LogP contribution in [0.25, 0.3) is 17.1 Å². The molecule has 1 fully saturated rings. The van der Waals surface area contributed by atoms with Gasteiger partial charge in [-0.15, -0.1) is 10.2 Å². The number of amides is 1. The molecule has 0 unspecified atom stereocenters. The number of rotatable bonds is 6. The number of thioether (sulfide) groups is 1. The Hall–Kier alpha value is -2.12. The smallest absolute Gasteiger partial charge is 0.230 e. The van der Waals surface area contributed by atoms with Gasteiger partial charge >= 0.3 is 0 Å². The third-order valence-electron chi connectivity index (χ3n) is 6.59. The van der Waals surface area contributed by atoms with Crippen LogP contribution in [0.3, 0.4) is 0 Å². The van der Waals surface area contributed by atoms with E-state index in [-0.39, 0.29) is 11.9 Å². The zero-order valence-corrected chi connectivity index (χ0v) is 22.0. The quantitative estimate of drug-likeness (QED) is 0.380. The van der Waals surface area contributed by atoms with Crippen molar-refractivity contribution >= 4 is 33.6 Å². The van der Waals surface area contributed by atoms with E-state index in [2.05, 4.69) is 81.9 Å². The molecule has 1 aliphatic carbocycles. The topological polar surface area (TPSA) is 59.8 Å². The maximum atomic E-state index is 12.8. The van der Waals surface area contributed by atoms with Gasteiger partial charge in [-0.25, -0.2) is 0 Å². The van der Waals surface area contributed by atoms with Crippen LogP contribution < -0.4 is 5.32 Å². The molecule has 0 aliphatic heterocycles. The number of aromatic nitrogens is 3. The molecule has 0 bridgehead atoms. The predicted octanol–water partition coefficient (Wildman–Crippen LogP) is 6.35. The lowest BCUT2D eigenvalue weighted by molar-refractivity contribution is -0.120. The number of nitrogens with one attached hydrogen (secondary N) is 1. The van der Waals surface area contributed by atoms with Crippen molar-refractivity contribution in [1.82, 2.24) is 20.1 Å². The summed E-state index contributed by atoms with van der Waals surface area (Å²) in [5.41, 5.74) is 4.34. The molecule has 0 saturated heterocycles. The van der Waals surface area contributed by atoms with Gasteiger partial charge in [0.05, 0.1) is 11.4 Å². The van der Waals surface area contributed by atoms with Crippen LogP contribution in [0.1, 0.15) is 44.2 Å². The van der Waals surface area contributed by atoms with E-state index >= 15 is 0 Å². The lowest BCUT2D eigenvalue weighted by atomic mass is 9.78. The van der Waals surface area contributed by atoms with Gasteiger partial charge in [-0.2, -0.15) is 0 Å². The predicted molar refractivity (Wildman–Crippen MR) is 139 cm³/mol. The molecule has 7 heteroatoms. The second-order valence-corrected chi connectivity index (χ2v) is 11.1. The molecule has 0 spiro atoms. The maximum Gasteiger partial charge on any atom is 0.230 e. The second-order valence-electron chi connectivity index (χ2n) is 9.22. The van der Waals surface area contributed by atoms with Crippen molar-refractivity contribution in [3.8, 4) is 17.1 Å². The average molecular weight is 528 g/mol. The molecule has 0 radical (unpaired) electrons. The van der Waals surface area contributed by atoms with E-state index in [4.69, 9.17) is 0 Å². The van der Waals surface area contributed by atoms with E-state index in [0.29, 0.717) is 17.6 Å². The Bertz CT molecular complexity index is 1110. The number of hydrogen-bond acceptors (Lipinski definition) is 4. The van der Waals surface area contributed by atoms with Gasteiger partial charge < -0.3 is 5.32 Å². The molecule has 4 rings (SSSR count). The summed E-state index contributed by atoms with van der Waals surface area (Å²) in [7, 11) is 0. The fraction of sp³-hybridized carbons (Fsp3) is 0.423. The first kappa shape index (κ1) is 24.0. The van der Waals surface area contributed by atoms with Crippen LogP contribution >= 0.6 is 27.7 Å². The van der Waals surface area contributed by atoms with Crippen LogP contribution in [0, 0.1) is 25.7 Å². The first-order chi connectivity index (χ1) is 15.8. The molecule has 1 aromatic heterocycles. The maximum absolute atomic E-state index is 12.8. The Balaban J connectivity index is 1.59. The first-order valence-electron chi connectivity index (χ1n) is 11.5. The molecule has 174 valence electrons. The highest BCUT2D eigenvalue weighted by molar-refractivity contribution is 9.10. The number of hydrogen-bond donors (Lipinski definition) is 1. The lowest BCUT2D eigenvalue weighted by Crippen LogP contribution is -2.44. The Kier molecular flexibility index (Phi) is 7.59. The average Bonchev–Trinajstić information content (AvgIpc) is 3.19. The summed E-state index contributed by atoms with van der Waals surface area (Å²) in [6.45, 7) is 8.72. The molecule has 1 amide bonds. The summed E-state index contributed by atoms with van der Waals surface area (Å²) in [5, 5.41) is 13.0. The molecule has 5 nitrogen and oxygen atoms in total. The monoisotopic (exact) mass is 526 g/mol. The highest BCUT2D eigenvalue weighted by atomic mass is 79.9. The van der Waals surface area contributed by atoms with E-state index in [1.165, 1.54) is 35.7 Å². The number of benzene rings is 2. The molecule has 3 atom stereocenters. The summed E-state index contributed by atoms with van der Waals surface area (Å²) >= 11 is 4.94. The number of carbonyl (C=O) groups excluding carboxylic acids is 1. The second kappa shape index (κ2) is 10.4.